The molecule has 1 unspecified atom stereocenters. The first-order chi connectivity index (χ1) is 7.99. The van der Waals surface area contributed by atoms with Gasteiger partial charge in [0.1, 0.15) is 5.75 Å². The molecule has 1 N–H and O–H groups in total. The highest BCUT2D eigenvalue weighted by molar-refractivity contribution is 5.42. The second kappa shape index (κ2) is 4.69. The van der Waals surface area contributed by atoms with Crippen LogP contribution < -0.4 is 10.1 Å². The molecule has 0 spiro atoms. The smallest absolute Gasteiger partial charge is 0.122 e. The monoisotopic (exact) mass is 233 g/mol. The highest BCUT2D eigenvalue weighted by Gasteiger charge is 2.24. The van der Waals surface area contributed by atoms with Crippen molar-refractivity contribution < 1.29 is 4.74 Å². The van der Waals surface area contributed by atoms with Gasteiger partial charge in [0.25, 0.3) is 0 Å². The molecule has 1 aromatic rings. The summed E-state index contributed by atoms with van der Waals surface area (Å²) in [5.74, 6) is 1.05. The van der Waals surface area contributed by atoms with E-state index in [2.05, 4.69) is 44.3 Å². The minimum absolute atomic E-state index is 0.195. The summed E-state index contributed by atoms with van der Waals surface area (Å²) in [4.78, 5) is 0. The van der Waals surface area contributed by atoms with E-state index in [-0.39, 0.29) is 5.54 Å². The molecule has 0 bridgehead atoms. The van der Waals surface area contributed by atoms with Gasteiger partial charge in [-0.2, -0.15) is 0 Å². The van der Waals surface area contributed by atoms with Crippen molar-refractivity contribution in [2.45, 2.75) is 51.6 Å². The van der Waals surface area contributed by atoms with Gasteiger partial charge in [0.05, 0.1) is 7.11 Å². The predicted octanol–water partition coefficient (Wildman–Crippen LogP) is 2.94. The molecule has 0 saturated carbocycles. The number of methoxy groups -OCH3 is 1. The van der Waals surface area contributed by atoms with E-state index in [1.54, 1.807) is 7.11 Å². The molecular formula is C15H23NO. The van der Waals surface area contributed by atoms with E-state index in [1.165, 1.54) is 17.5 Å². The lowest BCUT2D eigenvalue weighted by molar-refractivity contribution is 0.331. The van der Waals surface area contributed by atoms with E-state index in [0.717, 1.165) is 18.6 Å². The number of hydrogen-bond donors (Lipinski definition) is 1. The van der Waals surface area contributed by atoms with Gasteiger partial charge in [0, 0.05) is 11.6 Å². The van der Waals surface area contributed by atoms with Crippen LogP contribution in [0.5, 0.6) is 5.75 Å². The van der Waals surface area contributed by atoms with E-state index in [4.69, 9.17) is 4.74 Å². The Hall–Kier alpha value is -1.02. The van der Waals surface area contributed by atoms with Crippen molar-refractivity contribution in [3.8, 4) is 5.75 Å². The van der Waals surface area contributed by atoms with Crippen molar-refractivity contribution in [3.05, 3.63) is 29.3 Å². The maximum absolute atomic E-state index is 5.43. The molecule has 0 aliphatic heterocycles. The highest BCUT2D eigenvalue weighted by Crippen LogP contribution is 2.29. The number of fused-ring (bicyclic) bond motifs is 1. The molecule has 0 amide bonds. The molecular weight excluding hydrogens is 210 g/mol. The Morgan fingerprint density at radius 3 is 2.71 bits per heavy atom. The lowest BCUT2D eigenvalue weighted by Gasteiger charge is -2.32. The minimum Gasteiger partial charge on any atom is -0.496 e. The lowest BCUT2D eigenvalue weighted by atomic mass is 9.86. The molecule has 1 aliphatic carbocycles. The van der Waals surface area contributed by atoms with E-state index in [0.29, 0.717) is 6.04 Å². The average Bonchev–Trinajstić information content (AvgIpc) is 2.25. The lowest BCUT2D eigenvalue weighted by Crippen LogP contribution is -2.46. The van der Waals surface area contributed by atoms with Crippen LogP contribution in [0.4, 0.5) is 0 Å². The van der Waals surface area contributed by atoms with E-state index in [9.17, 15) is 0 Å². The fourth-order valence-corrected chi connectivity index (χ4v) is 2.70. The summed E-state index contributed by atoms with van der Waals surface area (Å²) < 4.78 is 5.43. The third-order valence-electron chi connectivity index (χ3n) is 3.30. The third-order valence-corrected chi connectivity index (χ3v) is 3.30. The molecule has 1 aromatic carbocycles. The van der Waals surface area contributed by atoms with Crippen molar-refractivity contribution in [2.24, 2.45) is 0 Å². The van der Waals surface area contributed by atoms with Gasteiger partial charge in [0.15, 0.2) is 0 Å². The van der Waals surface area contributed by atoms with Crippen LogP contribution in [0.3, 0.4) is 0 Å². The molecule has 17 heavy (non-hydrogen) atoms. The first-order valence-corrected chi connectivity index (χ1v) is 6.42. The maximum atomic E-state index is 5.43. The van der Waals surface area contributed by atoms with Crippen LogP contribution >= 0.6 is 0 Å². The second-order valence-electron chi connectivity index (χ2n) is 5.93. The van der Waals surface area contributed by atoms with Gasteiger partial charge in [-0.1, -0.05) is 12.1 Å². The molecule has 94 valence electrons. The number of rotatable bonds is 2. The summed E-state index contributed by atoms with van der Waals surface area (Å²) in [6, 6.07) is 6.98. The van der Waals surface area contributed by atoms with Crippen LogP contribution in [0.2, 0.25) is 0 Å². The van der Waals surface area contributed by atoms with Crippen molar-refractivity contribution in [2.75, 3.05) is 7.11 Å². The molecule has 0 radical (unpaired) electrons. The largest absolute Gasteiger partial charge is 0.496 e. The van der Waals surface area contributed by atoms with Gasteiger partial charge in [-0.15, -0.1) is 0 Å². The Morgan fingerprint density at radius 2 is 2.06 bits per heavy atom. The molecule has 2 rings (SSSR count). The SMILES string of the molecule is COc1cccc2c1CCC(NC(C)(C)C)C2. The Kier molecular flexibility index (Phi) is 3.43. The van der Waals surface area contributed by atoms with Crippen LogP contribution in [0.15, 0.2) is 18.2 Å². The van der Waals surface area contributed by atoms with E-state index in [1.807, 2.05) is 0 Å². The summed E-state index contributed by atoms with van der Waals surface area (Å²) in [6.07, 6.45) is 3.43. The summed E-state index contributed by atoms with van der Waals surface area (Å²) in [5, 5.41) is 3.70. The van der Waals surface area contributed by atoms with Gasteiger partial charge in [-0.05, 0) is 57.2 Å². The van der Waals surface area contributed by atoms with Crippen molar-refractivity contribution in [3.63, 3.8) is 0 Å². The topological polar surface area (TPSA) is 21.3 Å². The van der Waals surface area contributed by atoms with Crippen molar-refractivity contribution in [1.29, 1.82) is 0 Å². The number of hydrogen-bond acceptors (Lipinski definition) is 2. The summed E-state index contributed by atoms with van der Waals surface area (Å²) in [7, 11) is 1.76. The van der Waals surface area contributed by atoms with Crippen LogP contribution in [-0.2, 0) is 12.8 Å². The standard InChI is InChI=1S/C15H23NO/c1-15(2,3)16-12-8-9-13-11(10-12)6-5-7-14(13)17-4/h5-7,12,16H,8-10H2,1-4H3. The molecule has 2 nitrogen and oxygen atoms in total. The van der Waals surface area contributed by atoms with Gasteiger partial charge < -0.3 is 10.1 Å². The second-order valence-corrected chi connectivity index (χ2v) is 5.93. The fourth-order valence-electron chi connectivity index (χ4n) is 2.70. The quantitative estimate of drug-likeness (QED) is 0.848. The fraction of sp³-hybridized carbons (Fsp3) is 0.600. The molecule has 2 heteroatoms. The Balaban J connectivity index is 2.14. The van der Waals surface area contributed by atoms with Crippen molar-refractivity contribution in [1.82, 2.24) is 5.32 Å². The summed E-state index contributed by atoms with van der Waals surface area (Å²) >= 11 is 0. The molecule has 1 aliphatic rings. The molecule has 0 heterocycles. The average molecular weight is 233 g/mol. The van der Waals surface area contributed by atoms with Crippen LogP contribution in [-0.4, -0.2) is 18.7 Å². The van der Waals surface area contributed by atoms with Crippen molar-refractivity contribution >= 4 is 0 Å². The molecule has 0 fully saturated rings. The predicted molar refractivity (Wildman–Crippen MR) is 71.7 cm³/mol. The third kappa shape index (κ3) is 3.01. The number of ether oxygens (including phenoxy) is 1. The Labute approximate surface area is 104 Å². The first-order valence-electron chi connectivity index (χ1n) is 6.42. The normalized spacial score (nSPS) is 19.9. The number of benzene rings is 1. The van der Waals surface area contributed by atoms with Gasteiger partial charge in [-0.3, -0.25) is 0 Å². The zero-order valence-electron chi connectivity index (χ0n) is 11.3. The molecule has 0 aromatic heterocycles. The van der Waals surface area contributed by atoms with Crippen LogP contribution in [0.1, 0.15) is 38.3 Å². The number of nitrogens with one attached hydrogen (secondary N) is 1. The zero-order valence-corrected chi connectivity index (χ0v) is 11.3. The van der Waals surface area contributed by atoms with Crippen LogP contribution in [0.25, 0.3) is 0 Å². The zero-order chi connectivity index (χ0) is 12.5. The van der Waals surface area contributed by atoms with Gasteiger partial charge in [0.2, 0.25) is 0 Å². The van der Waals surface area contributed by atoms with Crippen LogP contribution in [0, 0.1) is 0 Å². The molecule has 1 atom stereocenters. The Morgan fingerprint density at radius 1 is 1.29 bits per heavy atom. The summed E-state index contributed by atoms with van der Waals surface area (Å²) in [6.45, 7) is 6.69. The summed E-state index contributed by atoms with van der Waals surface area (Å²) in [5.41, 5.74) is 3.04. The van der Waals surface area contributed by atoms with Gasteiger partial charge in [-0.25, -0.2) is 0 Å². The minimum atomic E-state index is 0.195. The highest BCUT2D eigenvalue weighted by atomic mass is 16.5. The maximum Gasteiger partial charge on any atom is 0.122 e. The van der Waals surface area contributed by atoms with E-state index < -0.39 is 0 Å². The van der Waals surface area contributed by atoms with E-state index >= 15 is 0 Å². The molecule has 0 saturated heterocycles. The van der Waals surface area contributed by atoms with Gasteiger partial charge >= 0.3 is 0 Å². The first kappa shape index (κ1) is 12.4. The Bertz CT molecular complexity index is 392.